The Morgan fingerprint density at radius 2 is 1.92 bits per heavy atom. The predicted molar refractivity (Wildman–Crippen MR) is 92.7 cm³/mol. The molecule has 1 aromatic carbocycles. The van der Waals surface area contributed by atoms with Gasteiger partial charge in [-0.25, -0.2) is 8.42 Å². The molecule has 0 saturated heterocycles. The van der Waals surface area contributed by atoms with E-state index in [2.05, 4.69) is 15.2 Å². The second-order valence-corrected chi connectivity index (χ2v) is 8.01. The maximum Gasteiger partial charge on any atom is 0.243 e. The molecule has 1 aliphatic carbocycles. The van der Waals surface area contributed by atoms with Crippen molar-refractivity contribution in [2.45, 2.75) is 50.5 Å². The molecule has 0 fully saturated rings. The van der Waals surface area contributed by atoms with E-state index in [9.17, 15) is 13.2 Å². The van der Waals surface area contributed by atoms with Crippen molar-refractivity contribution in [3.05, 3.63) is 41.2 Å². The molecule has 1 aromatic heterocycles. The first kappa shape index (κ1) is 17.6. The van der Waals surface area contributed by atoms with Gasteiger partial charge in [-0.3, -0.25) is 4.79 Å². The average Bonchev–Trinajstić information content (AvgIpc) is 2.98. The Morgan fingerprint density at radius 1 is 1.20 bits per heavy atom. The van der Waals surface area contributed by atoms with Crippen molar-refractivity contribution in [1.82, 2.24) is 9.88 Å². The number of anilines is 1. The Bertz CT molecular complexity index is 889. The highest BCUT2D eigenvalue weighted by atomic mass is 32.2. The number of nitrogens with zero attached hydrogens (tertiary/aromatic N) is 1. The second kappa shape index (κ2) is 6.97. The first-order valence-electron chi connectivity index (χ1n) is 8.23. The number of benzene rings is 1. The van der Waals surface area contributed by atoms with Crippen LogP contribution in [-0.4, -0.2) is 25.5 Å². The van der Waals surface area contributed by atoms with Crippen LogP contribution in [0.5, 0.6) is 0 Å². The van der Waals surface area contributed by atoms with Crippen molar-refractivity contribution >= 4 is 21.7 Å². The van der Waals surface area contributed by atoms with Crippen molar-refractivity contribution in [3.63, 3.8) is 0 Å². The molecule has 0 unspecified atom stereocenters. The number of hydrogen-bond acceptors (Lipinski definition) is 5. The summed E-state index contributed by atoms with van der Waals surface area (Å²) in [5.41, 5.74) is 2.28. The Labute approximate surface area is 146 Å². The molecular formula is C17H21N3O4S. The molecule has 2 aromatic rings. The molecule has 0 spiro atoms. The van der Waals surface area contributed by atoms with Gasteiger partial charge in [0.2, 0.25) is 15.9 Å². The van der Waals surface area contributed by atoms with Gasteiger partial charge < -0.3 is 9.84 Å². The quantitative estimate of drug-likeness (QED) is 0.848. The second-order valence-electron chi connectivity index (χ2n) is 6.29. The van der Waals surface area contributed by atoms with Crippen molar-refractivity contribution in [3.8, 4) is 0 Å². The third kappa shape index (κ3) is 4.08. The van der Waals surface area contributed by atoms with Gasteiger partial charge in [0.1, 0.15) is 5.76 Å². The summed E-state index contributed by atoms with van der Waals surface area (Å²) >= 11 is 0. The standard InChI is InChI=1S/C17H21N3O4S/c1-11-9-16(19-24-11)18-17(21)12(2)20-25(22,23)15-8-7-13-5-3-4-6-14(13)10-15/h7-10,12,20H,3-6H2,1-2H3,(H,18,19,21)/t12-/m1/s1. The van der Waals surface area contributed by atoms with E-state index >= 15 is 0 Å². The van der Waals surface area contributed by atoms with Crippen LogP contribution in [0.2, 0.25) is 0 Å². The van der Waals surface area contributed by atoms with Crippen LogP contribution >= 0.6 is 0 Å². The highest BCUT2D eigenvalue weighted by molar-refractivity contribution is 7.89. The van der Waals surface area contributed by atoms with Gasteiger partial charge in [0, 0.05) is 6.07 Å². The number of nitrogens with one attached hydrogen (secondary N) is 2. The van der Waals surface area contributed by atoms with E-state index < -0.39 is 22.0 Å². The molecule has 25 heavy (non-hydrogen) atoms. The summed E-state index contributed by atoms with van der Waals surface area (Å²) < 4.78 is 32.4. The summed E-state index contributed by atoms with van der Waals surface area (Å²) in [6.07, 6.45) is 4.08. The summed E-state index contributed by atoms with van der Waals surface area (Å²) in [6.45, 7) is 3.18. The van der Waals surface area contributed by atoms with Gasteiger partial charge in [0.15, 0.2) is 5.82 Å². The summed E-state index contributed by atoms with van der Waals surface area (Å²) in [5.74, 6) is 0.301. The number of hydrogen-bond donors (Lipinski definition) is 2. The lowest BCUT2D eigenvalue weighted by Gasteiger charge is -2.18. The molecule has 0 radical (unpaired) electrons. The minimum absolute atomic E-state index is 0.185. The molecule has 7 nitrogen and oxygen atoms in total. The van der Waals surface area contributed by atoms with Gasteiger partial charge in [0.05, 0.1) is 10.9 Å². The number of aromatic nitrogens is 1. The van der Waals surface area contributed by atoms with Gasteiger partial charge >= 0.3 is 0 Å². The van der Waals surface area contributed by atoms with E-state index in [0.717, 1.165) is 31.2 Å². The summed E-state index contributed by atoms with van der Waals surface area (Å²) in [4.78, 5) is 12.3. The molecular weight excluding hydrogens is 342 g/mol. The normalized spacial score (nSPS) is 15.4. The van der Waals surface area contributed by atoms with Crippen LogP contribution in [0.1, 0.15) is 36.7 Å². The van der Waals surface area contributed by atoms with E-state index in [4.69, 9.17) is 4.52 Å². The summed E-state index contributed by atoms with van der Waals surface area (Å²) in [6, 6.07) is 5.78. The van der Waals surface area contributed by atoms with Gasteiger partial charge in [-0.15, -0.1) is 0 Å². The van der Waals surface area contributed by atoms with Crippen molar-refractivity contribution < 1.29 is 17.7 Å². The third-order valence-electron chi connectivity index (χ3n) is 4.23. The van der Waals surface area contributed by atoms with Crippen LogP contribution in [-0.2, 0) is 27.7 Å². The van der Waals surface area contributed by atoms with Crippen LogP contribution in [0.4, 0.5) is 5.82 Å². The Hall–Kier alpha value is -2.19. The lowest BCUT2D eigenvalue weighted by Crippen LogP contribution is -2.41. The zero-order valence-electron chi connectivity index (χ0n) is 14.2. The van der Waals surface area contributed by atoms with Crippen molar-refractivity contribution in [2.75, 3.05) is 5.32 Å². The van der Waals surface area contributed by atoms with Crippen LogP contribution in [0, 0.1) is 6.92 Å². The summed E-state index contributed by atoms with van der Waals surface area (Å²) in [5, 5.41) is 6.17. The predicted octanol–water partition coefficient (Wildman–Crippen LogP) is 2.17. The minimum Gasteiger partial charge on any atom is -0.360 e. The van der Waals surface area contributed by atoms with E-state index in [0.29, 0.717) is 5.76 Å². The molecule has 8 heteroatoms. The molecule has 0 bridgehead atoms. The largest absolute Gasteiger partial charge is 0.360 e. The van der Waals surface area contributed by atoms with E-state index in [-0.39, 0.29) is 10.7 Å². The topological polar surface area (TPSA) is 101 Å². The zero-order chi connectivity index (χ0) is 18.0. The average molecular weight is 363 g/mol. The molecule has 134 valence electrons. The number of fused-ring (bicyclic) bond motifs is 1. The molecule has 1 amide bonds. The van der Waals surface area contributed by atoms with Crippen LogP contribution in [0.25, 0.3) is 0 Å². The highest BCUT2D eigenvalue weighted by Crippen LogP contribution is 2.24. The maximum absolute atomic E-state index is 12.6. The number of carbonyl (C=O) groups excluding carboxylic acids is 1. The van der Waals surface area contributed by atoms with Crippen LogP contribution in [0.3, 0.4) is 0 Å². The monoisotopic (exact) mass is 363 g/mol. The SMILES string of the molecule is Cc1cc(NC(=O)[C@@H](C)NS(=O)(=O)c2ccc3c(c2)CCCC3)no1. The van der Waals surface area contributed by atoms with E-state index in [1.54, 1.807) is 25.1 Å². The van der Waals surface area contributed by atoms with Gasteiger partial charge in [-0.05, 0) is 62.8 Å². The molecule has 1 atom stereocenters. The highest BCUT2D eigenvalue weighted by Gasteiger charge is 2.24. The van der Waals surface area contributed by atoms with Crippen molar-refractivity contribution in [1.29, 1.82) is 0 Å². The number of aryl methyl sites for hydroxylation is 3. The fraction of sp³-hybridized carbons (Fsp3) is 0.412. The molecule has 3 rings (SSSR count). The number of rotatable bonds is 5. The first-order chi connectivity index (χ1) is 11.8. The molecule has 0 saturated carbocycles. The molecule has 2 N–H and O–H groups in total. The van der Waals surface area contributed by atoms with E-state index in [1.165, 1.54) is 12.5 Å². The zero-order valence-corrected chi connectivity index (χ0v) is 15.0. The Morgan fingerprint density at radius 3 is 2.60 bits per heavy atom. The Balaban J connectivity index is 1.71. The smallest absolute Gasteiger partial charge is 0.243 e. The lowest BCUT2D eigenvalue weighted by atomic mass is 9.92. The van der Waals surface area contributed by atoms with Gasteiger partial charge in [0.25, 0.3) is 0 Å². The minimum atomic E-state index is -3.78. The fourth-order valence-electron chi connectivity index (χ4n) is 2.89. The number of sulfonamides is 1. The van der Waals surface area contributed by atoms with Crippen LogP contribution < -0.4 is 10.0 Å². The molecule has 0 aliphatic heterocycles. The molecule has 1 heterocycles. The first-order valence-corrected chi connectivity index (χ1v) is 9.72. The van der Waals surface area contributed by atoms with Gasteiger partial charge in [-0.1, -0.05) is 11.2 Å². The van der Waals surface area contributed by atoms with Crippen LogP contribution in [0.15, 0.2) is 33.7 Å². The number of amides is 1. The lowest BCUT2D eigenvalue weighted by molar-refractivity contribution is -0.117. The number of carbonyl (C=O) groups is 1. The third-order valence-corrected chi connectivity index (χ3v) is 5.77. The summed E-state index contributed by atoms with van der Waals surface area (Å²) in [7, 11) is -3.78. The maximum atomic E-state index is 12.6. The fourth-order valence-corrected chi connectivity index (χ4v) is 4.14. The Kier molecular flexibility index (Phi) is 4.91. The van der Waals surface area contributed by atoms with E-state index in [1.807, 2.05) is 6.07 Å². The molecule has 1 aliphatic rings. The van der Waals surface area contributed by atoms with Crippen molar-refractivity contribution in [2.24, 2.45) is 0 Å². The van der Waals surface area contributed by atoms with Gasteiger partial charge in [-0.2, -0.15) is 4.72 Å².